The van der Waals surface area contributed by atoms with E-state index in [1.165, 1.54) is 4.31 Å². The lowest BCUT2D eigenvalue weighted by atomic mass is 10.0. The Morgan fingerprint density at radius 1 is 0.967 bits per heavy atom. The number of hydrogen-bond acceptors (Lipinski definition) is 4. The first kappa shape index (κ1) is 21.4. The third-order valence-electron chi connectivity index (χ3n) is 5.80. The van der Waals surface area contributed by atoms with Gasteiger partial charge in [0.1, 0.15) is 0 Å². The number of nitrogens with zero attached hydrogens (tertiary/aromatic N) is 2. The number of piperazine rings is 1. The summed E-state index contributed by atoms with van der Waals surface area (Å²) < 4.78 is 27.8. The molecule has 0 aromatic heterocycles. The molecule has 0 spiro atoms. The number of carboxylic acid groups (broad SMARTS) is 1. The lowest BCUT2D eigenvalue weighted by Gasteiger charge is -2.35. The van der Waals surface area contributed by atoms with Crippen molar-refractivity contribution in [2.45, 2.75) is 24.2 Å². The standard InChI is InChI=1S/C21H22Cl2N2O4S/c22-19-4-2-17(13-20(19)23)24-5-7-25(8-6-24)30(28,29)18-3-1-15-9-14(11-21(26)27)10-16(15)12-18/h1-4,12-14H,5-11H2,(H,26,27). The number of sulfonamides is 1. The van der Waals surface area contributed by atoms with Crippen LogP contribution in [0.15, 0.2) is 41.3 Å². The number of halogens is 2. The summed E-state index contributed by atoms with van der Waals surface area (Å²) in [5.41, 5.74) is 2.91. The SMILES string of the molecule is O=C(O)CC1Cc2ccc(S(=O)(=O)N3CCN(c4ccc(Cl)c(Cl)c4)CC3)cc2C1. The lowest BCUT2D eigenvalue weighted by molar-refractivity contribution is -0.138. The van der Waals surface area contributed by atoms with Crippen molar-refractivity contribution >= 4 is 44.9 Å². The molecule has 6 nitrogen and oxygen atoms in total. The Bertz CT molecular complexity index is 1080. The predicted molar refractivity (Wildman–Crippen MR) is 117 cm³/mol. The first-order valence-corrected chi connectivity index (χ1v) is 12.0. The van der Waals surface area contributed by atoms with Crippen LogP contribution in [0.25, 0.3) is 0 Å². The Morgan fingerprint density at radius 3 is 2.33 bits per heavy atom. The average molecular weight is 469 g/mol. The van der Waals surface area contributed by atoms with E-state index >= 15 is 0 Å². The molecular formula is C21H22Cl2N2O4S. The maximum Gasteiger partial charge on any atom is 0.303 e. The van der Waals surface area contributed by atoms with E-state index in [1.54, 1.807) is 24.3 Å². The number of aliphatic carboxylic acids is 1. The highest BCUT2D eigenvalue weighted by atomic mass is 35.5. The molecule has 1 atom stereocenters. The predicted octanol–water partition coefficient (Wildman–Crippen LogP) is 3.69. The summed E-state index contributed by atoms with van der Waals surface area (Å²) in [6, 6.07) is 10.6. The zero-order chi connectivity index (χ0) is 21.5. The number of fused-ring (bicyclic) bond motifs is 1. The Labute approximate surface area is 186 Å². The minimum absolute atomic E-state index is 0.0326. The number of hydrogen-bond donors (Lipinski definition) is 1. The monoisotopic (exact) mass is 468 g/mol. The second-order valence-corrected chi connectivity index (χ2v) is 10.5. The topological polar surface area (TPSA) is 77.9 Å². The van der Waals surface area contributed by atoms with Gasteiger partial charge in [-0.3, -0.25) is 4.79 Å². The molecule has 1 fully saturated rings. The molecule has 0 radical (unpaired) electrons. The van der Waals surface area contributed by atoms with Crippen molar-refractivity contribution in [3.63, 3.8) is 0 Å². The van der Waals surface area contributed by atoms with Crippen LogP contribution in [0.5, 0.6) is 0 Å². The highest BCUT2D eigenvalue weighted by Crippen LogP contribution is 2.32. The zero-order valence-corrected chi connectivity index (χ0v) is 18.6. The third kappa shape index (κ3) is 4.30. The van der Waals surface area contributed by atoms with Gasteiger partial charge in [0.15, 0.2) is 0 Å². The summed E-state index contributed by atoms with van der Waals surface area (Å²) in [7, 11) is -3.60. The highest BCUT2D eigenvalue weighted by Gasteiger charge is 2.31. The zero-order valence-electron chi connectivity index (χ0n) is 16.2. The van der Waals surface area contributed by atoms with E-state index in [1.807, 2.05) is 12.1 Å². The van der Waals surface area contributed by atoms with Crippen LogP contribution >= 0.6 is 23.2 Å². The van der Waals surface area contributed by atoms with E-state index in [0.717, 1.165) is 16.8 Å². The van der Waals surface area contributed by atoms with Crippen molar-refractivity contribution < 1.29 is 18.3 Å². The van der Waals surface area contributed by atoms with Gasteiger partial charge in [-0.1, -0.05) is 29.3 Å². The van der Waals surface area contributed by atoms with Crippen molar-refractivity contribution in [3.8, 4) is 0 Å². The van der Waals surface area contributed by atoms with Crippen LogP contribution in [0, 0.1) is 5.92 Å². The number of rotatable bonds is 5. The fourth-order valence-corrected chi connectivity index (χ4v) is 6.02. The number of carboxylic acids is 1. The molecule has 1 unspecified atom stereocenters. The van der Waals surface area contributed by atoms with Gasteiger partial charge in [0.25, 0.3) is 0 Å². The number of anilines is 1. The van der Waals surface area contributed by atoms with Crippen LogP contribution in [0.1, 0.15) is 17.5 Å². The van der Waals surface area contributed by atoms with E-state index < -0.39 is 16.0 Å². The van der Waals surface area contributed by atoms with Crippen LogP contribution in [0.3, 0.4) is 0 Å². The Kier molecular flexibility index (Phi) is 5.99. The molecule has 2 aromatic rings. The normalized spacial score (nSPS) is 19.7. The maximum absolute atomic E-state index is 13.2. The second kappa shape index (κ2) is 8.38. The van der Waals surface area contributed by atoms with Crippen LogP contribution in [-0.4, -0.2) is 50.0 Å². The van der Waals surface area contributed by atoms with E-state index in [0.29, 0.717) is 49.1 Å². The van der Waals surface area contributed by atoms with Gasteiger partial charge in [-0.2, -0.15) is 4.31 Å². The Balaban J connectivity index is 1.45. The fraction of sp³-hybridized carbons (Fsp3) is 0.381. The summed E-state index contributed by atoms with van der Waals surface area (Å²) in [6.45, 7) is 1.87. The molecule has 1 aliphatic heterocycles. The van der Waals surface area contributed by atoms with Crippen molar-refractivity contribution in [3.05, 3.63) is 57.6 Å². The molecule has 0 bridgehead atoms. The van der Waals surface area contributed by atoms with Gasteiger partial charge in [0.2, 0.25) is 10.0 Å². The minimum atomic E-state index is -3.60. The molecule has 1 aliphatic carbocycles. The fourth-order valence-electron chi connectivity index (χ4n) is 4.25. The van der Waals surface area contributed by atoms with Gasteiger partial charge >= 0.3 is 5.97 Å². The van der Waals surface area contributed by atoms with E-state index in [2.05, 4.69) is 4.90 Å². The van der Waals surface area contributed by atoms with Gasteiger partial charge in [0.05, 0.1) is 14.9 Å². The largest absolute Gasteiger partial charge is 0.481 e. The van der Waals surface area contributed by atoms with E-state index in [4.69, 9.17) is 28.3 Å². The minimum Gasteiger partial charge on any atom is -0.481 e. The van der Waals surface area contributed by atoms with Crippen molar-refractivity contribution in [1.29, 1.82) is 0 Å². The summed E-state index contributed by atoms with van der Waals surface area (Å²) in [5.74, 6) is -0.786. The van der Waals surface area contributed by atoms with Crippen LogP contribution in [-0.2, 0) is 27.7 Å². The van der Waals surface area contributed by atoms with Crippen LogP contribution < -0.4 is 4.90 Å². The van der Waals surface area contributed by atoms with Crippen LogP contribution in [0.4, 0.5) is 5.69 Å². The van der Waals surface area contributed by atoms with E-state index in [-0.39, 0.29) is 17.2 Å². The first-order valence-electron chi connectivity index (χ1n) is 9.78. The first-order chi connectivity index (χ1) is 14.2. The molecule has 2 aromatic carbocycles. The molecule has 1 heterocycles. The molecule has 160 valence electrons. The third-order valence-corrected chi connectivity index (χ3v) is 8.44. The molecule has 30 heavy (non-hydrogen) atoms. The van der Waals surface area contributed by atoms with Gasteiger partial charge < -0.3 is 10.0 Å². The van der Waals surface area contributed by atoms with Gasteiger partial charge in [-0.05, 0) is 60.2 Å². The highest BCUT2D eigenvalue weighted by molar-refractivity contribution is 7.89. The molecule has 0 amide bonds. The molecule has 1 saturated heterocycles. The summed E-state index contributed by atoms with van der Waals surface area (Å²) in [6.07, 6.45) is 1.40. The quantitative estimate of drug-likeness (QED) is 0.723. The summed E-state index contributed by atoms with van der Waals surface area (Å²) in [4.78, 5) is 13.4. The van der Waals surface area contributed by atoms with Gasteiger partial charge in [-0.25, -0.2) is 8.42 Å². The maximum atomic E-state index is 13.2. The Morgan fingerprint density at radius 2 is 1.67 bits per heavy atom. The molecule has 2 aliphatic rings. The van der Waals surface area contributed by atoms with Crippen molar-refractivity contribution in [1.82, 2.24) is 4.31 Å². The molecule has 0 saturated carbocycles. The summed E-state index contributed by atoms with van der Waals surface area (Å²) in [5, 5.41) is 9.98. The number of carbonyl (C=O) groups is 1. The second-order valence-electron chi connectivity index (χ2n) is 7.79. The van der Waals surface area contributed by atoms with E-state index in [9.17, 15) is 13.2 Å². The Hall–Kier alpha value is -1.80. The van der Waals surface area contributed by atoms with Crippen molar-refractivity contribution in [2.24, 2.45) is 5.92 Å². The molecule has 4 rings (SSSR count). The summed E-state index contributed by atoms with van der Waals surface area (Å²) >= 11 is 12.1. The molecule has 9 heteroatoms. The lowest BCUT2D eigenvalue weighted by Crippen LogP contribution is -2.48. The van der Waals surface area contributed by atoms with Gasteiger partial charge in [0, 0.05) is 38.3 Å². The molecular weight excluding hydrogens is 447 g/mol. The van der Waals surface area contributed by atoms with Gasteiger partial charge in [-0.15, -0.1) is 0 Å². The smallest absolute Gasteiger partial charge is 0.303 e. The number of benzene rings is 2. The van der Waals surface area contributed by atoms with Crippen molar-refractivity contribution in [2.75, 3.05) is 31.1 Å². The molecule has 1 N–H and O–H groups in total. The van der Waals surface area contributed by atoms with Crippen LogP contribution in [0.2, 0.25) is 10.0 Å². The average Bonchev–Trinajstić information content (AvgIpc) is 3.10.